The van der Waals surface area contributed by atoms with Crippen LogP contribution < -0.4 is 5.73 Å². The quantitative estimate of drug-likeness (QED) is 0.494. The van der Waals surface area contributed by atoms with Gasteiger partial charge in [0.15, 0.2) is 0 Å². The van der Waals surface area contributed by atoms with Gasteiger partial charge in [0.2, 0.25) is 0 Å². The van der Waals surface area contributed by atoms with E-state index >= 15 is 0 Å². The molecule has 1 aromatic rings. The maximum absolute atomic E-state index is 6.17. The summed E-state index contributed by atoms with van der Waals surface area (Å²) in [7, 11) is 0. The monoisotopic (exact) mass is 279 g/mol. The van der Waals surface area contributed by atoms with Gasteiger partial charge in [-0.2, -0.15) is 0 Å². The largest absolute Gasteiger partial charge is 0.464 e. The summed E-state index contributed by atoms with van der Waals surface area (Å²) in [6.07, 6.45) is 14.3. The van der Waals surface area contributed by atoms with Crippen LogP contribution in [-0.4, -0.2) is 0 Å². The van der Waals surface area contributed by atoms with Gasteiger partial charge in [0.05, 0.1) is 6.04 Å². The molecular weight excluding hydrogens is 246 g/mol. The molecule has 0 aromatic carbocycles. The maximum Gasteiger partial charge on any atom is 0.120 e. The molecule has 0 spiro atoms. The van der Waals surface area contributed by atoms with Crippen molar-refractivity contribution >= 4 is 0 Å². The Balaban J connectivity index is 1.98. The van der Waals surface area contributed by atoms with Gasteiger partial charge in [-0.25, -0.2) is 0 Å². The summed E-state index contributed by atoms with van der Waals surface area (Å²) >= 11 is 0. The van der Waals surface area contributed by atoms with Gasteiger partial charge in [-0.3, -0.25) is 0 Å². The van der Waals surface area contributed by atoms with Crippen LogP contribution in [0.1, 0.15) is 95.6 Å². The highest BCUT2D eigenvalue weighted by Crippen LogP contribution is 2.20. The van der Waals surface area contributed by atoms with E-state index in [1.165, 1.54) is 57.8 Å². The number of nitrogens with two attached hydrogens (primary N) is 1. The van der Waals surface area contributed by atoms with Gasteiger partial charge < -0.3 is 10.2 Å². The molecule has 1 heterocycles. The van der Waals surface area contributed by atoms with E-state index < -0.39 is 0 Å². The Hall–Kier alpha value is -0.760. The summed E-state index contributed by atoms with van der Waals surface area (Å²) in [6.45, 7) is 4.38. The van der Waals surface area contributed by atoms with E-state index in [4.69, 9.17) is 10.2 Å². The Morgan fingerprint density at radius 3 is 2.05 bits per heavy atom. The predicted molar refractivity (Wildman–Crippen MR) is 86.9 cm³/mol. The van der Waals surface area contributed by atoms with Crippen LogP contribution in [0.25, 0.3) is 0 Å². The Morgan fingerprint density at radius 1 is 0.900 bits per heavy atom. The smallest absolute Gasteiger partial charge is 0.120 e. The molecular formula is C18H33NO. The highest BCUT2D eigenvalue weighted by atomic mass is 16.3. The Labute approximate surface area is 125 Å². The summed E-state index contributed by atoms with van der Waals surface area (Å²) in [5.74, 6) is 2.00. The molecule has 0 aliphatic rings. The third-order valence-corrected chi connectivity index (χ3v) is 4.02. The zero-order chi connectivity index (χ0) is 14.6. The van der Waals surface area contributed by atoms with Crippen LogP contribution in [0.2, 0.25) is 0 Å². The second-order valence-corrected chi connectivity index (χ2v) is 5.88. The molecule has 2 heteroatoms. The van der Waals surface area contributed by atoms with E-state index in [1.54, 1.807) is 0 Å². The zero-order valence-corrected chi connectivity index (χ0v) is 13.5. The van der Waals surface area contributed by atoms with Gasteiger partial charge in [0.25, 0.3) is 0 Å². The molecule has 20 heavy (non-hydrogen) atoms. The average Bonchev–Trinajstić information content (AvgIpc) is 2.94. The minimum Gasteiger partial charge on any atom is -0.464 e. The maximum atomic E-state index is 6.17. The van der Waals surface area contributed by atoms with Crippen LogP contribution in [0, 0.1) is 0 Å². The summed E-state index contributed by atoms with van der Waals surface area (Å²) in [6, 6.07) is 4.17. The van der Waals surface area contributed by atoms with Crippen molar-refractivity contribution in [3.05, 3.63) is 23.7 Å². The lowest BCUT2D eigenvalue weighted by Gasteiger charge is -2.08. The normalized spacial score (nSPS) is 12.8. The number of rotatable bonds is 12. The molecule has 0 saturated heterocycles. The van der Waals surface area contributed by atoms with Gasteiger partial charge in [0, 0.05) is 6.42 Å². The molecule has 2 N–H and O–H groups in total. The molecule has 0 saturated carbocycles. The van der Waals surface area contributed by atoms with Crippen LogP contribution in [0.4, 0.5) is 0 Å². The molecule has 2 nitrogen and oxygen atoms in total. The molecule has 0 amide bonds. The summed E-state index contributed by atoms with van der Waals surface area (Å²) in [5, 5.41) is 0. The molecule has 0 aliphatic carbocycles. The molecule has 1 rings (SSSR count). The Bertz CT molecular complexity index is 332. The zero-order valence-electron chi connectivity index (χ0n) is 13.5. The van der Waals surface area contributed by atoms with E-state index in [-0.39, 0.29) is 6.04 Å². The minimum atomic E-state index is 0.0832. The summed E-state index contributed by atoms with van der Waals surface area (Å²) in [5.41, 5.74) is 6.17. The molecule has 1 atom stereocenters. The lowest BCUT2D eigenvalue weighted by Crippen LogP contribution is -2.08. The summed E-state index contributed by atoms with van der Waals surface area (Å²) in [4.78, 5) is 0. The molecule has 0 bridgehead atoms. The van der Waals surface area contributed by atoms with Crippen molar-refractivity contribution in [2.75, 3.05) is 0 Å². The first-order chi connectivity index (χ1) is 9.77. The standard InChI is InChI=1S/C18H33NO/c1-3-5-6-7-8-9-10-11-12-13-17(19)18-15-14-16(4-2)20-18/h14-15,17H,3-13,19H2,1-2H3. The molecule has 0 fully saturated rings. The highest BCUT2D eigenvalue weighted by molar-refractivity contribution is 5.10. The number of hydrogen-bond acceptors (Lipinski definition) is 2. The average molecular weight is 279 g/mol. The number of unbranched alkanes of at least 4 members (excludes halogenated alkanes) is 8. The Kier molecular flexibility index (Phi) is 9.48. The van der Waals surface area contributed by atoms with E-state index in [1.807, 2.05) is 12.1 Å². The fourth-order valence-corrected chi connectivity index (χ4v) is 2.60. The van der Waals surface area contributed by atoms with Crippen LogP contribution in [0.5, 0.6) is 0 Å². The number of aryl methyl sites for hydroxylation is 1. The lowest BCUT2D eigenvalue weighted by atomic mass is 10.0. The van der Waals surface area contributed by atoms with Crippen molar-refractivity contribution in [3.63, 3.8) is 0 Å². The molecule has 0 aliphatic heterocycles. The highest BCUT2D eigenvalue weighted by Gasteiger charge is 2.09. The molecule has 116 valence electrons. The molecule has 1 aromatic heterocycles. The van der Waals surface area contributed by atoms with Crippen molar-refractivity contribution in [1.82, 2.24) is 0 Å². The second kappa shape index (κ2) is 11.0. The van der Waals surface area contributed by atoms with Crippen molar-refractivity contribution < 1.29 is 4.42 Å². The van der Waals surface area contributed by atoms with Gasteiger partial charge in [-0.05, 0) is 18.6 Å². The minimum absolute atomic E-state index is 0.0832. The predicted octanol–water partition coefficient (Wildman–Crippen LogP) is 5.76. The molecule has 1 unspecified atom stereocenters. The lowest BCUT2D eigenvalue weighted by molar-refractivity contribution is 0.415. The van der Waals surface area contributed by atoms with E-state index in [2.05, 4.69) is 13.8 Å². The first kappa shape index (κ1) is 17.3. The third kappa shape index (κ3) is 7.14. The van der Waals surface area contributed by atoms with E-state index in [9.17, 15) is 0 Å². The first-order valence-electron chi connectivity index (χ1n) is 8.62. The van der Waals surface area contributed by atoms with E-state index in [0.29, 0.717) is 0 Å². The Morgan fingerprint density at radius 2 is 1.50 bits per heavy atom. The molecule has 0 radical (unpaired) electrons. The van der Waals surface area contributed by atoms with Gasteiger partial charge in [-0.1, -0.05) is 71.6 Å². The van der Waals surface area contributed by atoms with Crippen LogP contribution in [0.15, 0.2) is 16.5 Å². The van der Waals surface area contributed by atoms with Crippen molar-refractivity contribution in [1.29, 1.82) is 0 Å². The van der Waals surface area contributed by atoms with Crippen molar-refractivity contribution in [2.24, 2.45) is 5.73 Å². The fourth-order valence-electron chi connectivity index (χ4n) is 2.60. The van der Waals surface area contributed by atoms with Gasteiger partial charge >= 0.3 is 0 Å². The first-order valence-corrected chi connectivity index (χ1v) is 8.62. The van der Waals surface area contributed by atoms with Crippen LogP contribution in [0.3, 0.4) is 0 Å². The van der Waals surface area contributed by atoms with E-state index in [0.717, 1.165) is 24.4 Å². The SMILES string of the molecule is CCCCCCCCCCCC(N)c1ccc(CC)o1. The third-order valence-electron chi connectivity index (χ3n) is 4.02. The van der Waals surface area contributed by atoms with Gasteiger partial charge in [-0.15, -0.1) is 0 Å². The van der Waals surface area contributed by atoms with Crippen LogP contribution in [-0.2, 0) is 6.42 Å². The van der Waals surface area contributed by atoms with Crippen LogP contribution >= 0.6 is 0 Å². The summed E-state index contributed by atoms with van der Waals surface area (Å²) < 4.78 is 5.70. The second-order valence-electron chi connectivity index (χ2n) is 5.88. The number of hydrogen-bond donors (Lipinski definition) is 1. The topological polar surface area (TPSA) is 39.2 Å². The fraction of sp³-hybridized carbons (Fsp3) is 0.778. The van der Waals surface area contributed by atoms with Crippen molar-refractivity contribution in [3.8, 4) is 0 Å². The number of furan rings is 1. The van der Waals surface area contributed by atoms with Crippen molar-refractivity contribution in [2.45, 2.75) is 90.5 Å². The van der Waals surface area contributed by atoms with Gasteiger partial charge in [0.1, 0.15) is 11.5 Å².